The first-order valence-electron chi connectivity index (χ1n) is 9.27. The predicted octanol–water partition coefficient (Wildman–Crippen LogP) is 1.81. The van der Waals surface area contributed by atoms with Crippen LogP contribution in [0.1, 0.15) is 33.6 Å². The zero-order chi connectivity index (χ0) is 21.7. The van der Waals surface area contributed by atoms with E-state index < -0.39 is 10.0 Å². The molecule has 0 aliphatic carbocycles. The summed E-state index contributed by atoms with van der Waals surface area (Å²) in [4.78, 5) is 37.7. The van der Waals surface area contributed by atoms with Crippen molar-refractivity contribution in [2.45, 2.75) is 17.7 Å². The van der Waals surface area contributed by atoms with Crippen molar-refractivity contribution in [3.63, 3.8) is 0 Å². The van der Waals surface area contributed by atoms with Crippen molar-refractivity contribution in [1.82, 2.24) is 14.9 Å². The Morgan fingerprint density at radius 3 is 2.13 bits per heavy atom. The summed E-state index contributed by atoms with van der Waals surface area (Å²) in [5.74, 6) is -1.00. The molecule has 3 rings (SSSR count). The van der Waals surface area contributed by atoms with Crippen LogP contribution in [0.3, 0.4) is 0 Å². The highest BCUT2D eigenvalue weighted by Gasteiger charge is 2.34. The lowest BCUT2D eigenvalue weighted by Gasteiger charge is -2.13. The summed E-state index contributed by atoms with van der Waals surface area (Å²) in [5.41, 5.74) is 0.750. The number of benzene rings is 2. The van der Waals surface area contributed by atoms with Crippen LogP contribution >= 0.6 is 11.6 Å². The molecule has 1 aliphatic rings. The number of amides is 3. The van der Waals surface area contributed by atoms with Crippen LogP contribution in [0, 0.1) is 0 Å². The Labute approximate surface area is 179 Å². The lowest BCUT2D eigenvalue weighted by molar-refractivity contribution is -0.121. The third-order valence-corrected chi connectivity index (χ3v) is 6.26. The second-order valence-corrected chi connectivity index (χ2v) is 8.82. The van der Waals surface area contributed by atoms with Crippen molar-refractivity contribution in [2.75, 3.05) is 19.6 Å². The van der Waals surface area contributed by atoms with E-state index in [0.29, 0.717) is 22.6 Å². The number of fused-ring (bicyclic) bond motifs is 1. The van der Waals surface area contributed by atoms with Gasteiger partial charge in [0, 0.05) is 31.1 Å². The third kappa shape index (κ3) is 5.05. The Hall–Kier alpha value is -2.75. The molecule has 0 bridgehead atoms. The Balaban J connectivity index is 1.37. The molecule has 3 amide bonds. The number of halogens is 1. The number of hydrogen-bond donors (Lipinski definition) is 2. The minimum absolute atomic E-state index is 0.0229. The van der Waals surface area contributed by atoms with Crippen LogP contribution in [0.25, 0.3) is 0 Å². The standard InChI is InChI=1S/C20H20ClN3O5S/c21-14-7-9-15(10-8-14)30(28,29)23-12-11-22-18(25)6-3-13-24-19(26)16-4-1-2-5-17(16)20(24)27/h1-2,4-5,7-10,23H,3,6,11-13H2,(H,22,25). The summed E-state index contributed by atoms with van der Waals surface area (Å²) >= 11 is 5.74. The van der Waals surface area contributed by atoms with Crippen molar-refractivity contribution in [1.29, 1.82) is 0 Å². The molecule has 0 atom stereocenters. The molecule has 0 radical (unpaired) electrons. The number of carbonyl (C=O) groups excluding carboxylic acids is 3. The maximum atomic E-state index is 12.3. The minimum Gasteiger partial charge on any atom is -0.355 e. The molecule has 0 fully saturated rings. The molecule has 10 heteroatoms. The lowest BCUT2D eigenvalue weighted by atomic mass is 10.1. The molecule has 0 spiro atoms. The van der Waals surface area contributed by atoms with Crippen LogP contribution in [-0.4, -0.2) is 50.7 Å². The molecule has 1 aliphatic heterocycles. The predicted molar refractivity (Wildman–Crippen MR) is 111 cm³/mol. The number of sulfonamides is 1. The van der Waals surface area contributed by atoms with Crippen molar-refractivity contribution in [2.24, 2.45) is 0 Å². The van der Waals surface area contributed by atoms with Crippen LogP contribution in [0.4, 0.5) is 0 Å². The van der Waals surface area contributed by atoms with Crippen LogP contribution in [0.2, 0.25) is 5.02 Å². The average molecular weight is 450 g/mol. The highest BCUT2D eigenvalue weighted by molar-refractivity contribution is 7.89. The van der Waals surface area contributed by atoms with Gasteiger partial charge >= 0.3 is 0 Å². The summed E-state index contributed by atoms with van der Waals surface area (Å²) in [7, 11) is -3.68. The number of carbonyl (C=O) groups is 3. The highest BCUT2D eigenvalue weighted by Crippen LogP contribution is 2.22. The van der Waals surface area contributed by atoms with Crippen molar-refractivity contribution in [3.8, 4) is 0 Å². The van der Waals surface area contributed by atoms with E-state index in [1.165, 1.54) is 24.3 Å². The molecule has 2 aromatic rings. The van der Waals surface area contributed by atoms with Gasteiger partial charge in [-0.1, -0.05) is 23.7 Å². The lowest BCUT2D eigenvalue weighted by Crippen LogP contribution is -2.35. The van der Waals surface area contributed by atoms with Gasteiger partial charge in [0.05, 0.1) is 16.0 Å². The Bertz CT molecular complexity index is 1040. The number of imide groups is 1. The molecule has 2 N–H and O–H groups in total. The maximum Gasteiger partial charge on any atom is 0.261 e. The Kier molecular flexibility index (Phi) is 6.86. The zero-order valence-electron chi connectivity index (χ0n) is 15.9. The molecule has 8 nitrogen and oxygen atoms in total. The van der Waals surface area contributed by atoms with Crippen LogP contribution in [-0.2, 0) is 14.8 Å². The summed E-state index contributed by atoms with van der Waals surface area (Å²) in [5, 5.41) is 3.04. The molecular formula is C20H20ClN3O5S. The fourth-order valence-corrected chi connectivity index (χ4v) is 4.17. The summed E-state index contributed by atoms with van der Waals surface area (Å²) in [6, 6.07) is 12.3. The molecule has 1 heterocycles. The van der Waals surface area contributed by atoms with Crippen LogP contribution in [0.5, 0.6) is 0 Å². The van der Waals surface area contributed by atoms with Gasteiger partial charge in [-0.15, -0.1) is 0 Å². The first-order valence-corrected chi connectivity index (χ1v) is 11.1. The Morgan fingerprint density at radius 2 is 1.53 bits per heavy atom. The van der Waals surface area contributed by atoms with E-state index in [-0.39, 0.29) is 48.7 Å². The highest BCUT2D eigenvalue weighted by atomic mass is 35.5. The normalized spacial score (nSPS) is 13.4. The second-order valence-electron chi connectivity index (χ2n) is 6.61. The van der Waals surface area contributed by atoms with Crippen molar-refractivity contribution >= 4 is 39.3 Å². The van der Waals surface area contributed by atoms with Crippen LogP contribution < -0.4 is 10.0 Å². The van der Waals surface area contributed by atoms with E-state index in [2.05, 4.69) is 10.0 Å². The molecule has 30 heavy (non-hydrogen) atoms. The van der Waals surface area contributed by atoms with Gasteiger partial charge in [-0.25, -0.2) is 13.1 Å². The first kappa shape index (κ1) is 21.9. The topological polar surface area (TPSA) is 113 Å². The van der Waals surface area contributed by atoms with Crippen molar-refractivity contribution in [3.05, 3.63) is 64.7 Å². The van der Waals surface area contributed by atoms with Gasteiger partial charge in [0.2, 0.25) is 15.9 Å². The number of rotatable bonds is 9. The van der Waals surface area contributed by atoms with Gasteiger partial charge < -0.3 is 5.32 Å². The average Bonchev–Trinajstić information content (AvgIpc) is 2.97. The van der Waals surface area contributed by atoms with Gasteiger partial charge in [-0.05, 0) is 42.8 Å². The molecule has 0 saturated heterocycles. The summed E-state index contributed by atoms with van der Waals surface area (Å²) in [6.45, 7) is 0.275. The molecular weight excluding hydrogens is 430 g/mol. The quantitative estimate of drug-likeness (QED) is 0.448. The smallest absolute Gasteiger partial charge is 0.261 e. The van der Waals surface area contributed by atoms with Gasteiger partial charge in [0.25, 0.3) is 11.8 Å². The summed E-state index contributed by atoms with van der Waals surface area (Å²) in [6.07, 6.45) is 0.422. The fraction of sp³-hybridized carbons (Fsp3) is 0.250. The van der Waals surface area contributed by atoms with Gasteiger partial charge in [-0.2, -0.15) is 0 Å². The largest absolute Gasteiger partial charge is 0.355 e. The molecule has 0 unspecified atom stereocenters. The maximum absolute atomic E-state index is 12.3. The second kappa shape index (κ2) is 9.38. The van der Waals surface area contributed by atoms with Crippen molar-refractivity contribution < 1.29 is 22.8 Å². The fourth-order valence-electron chi connectivity index (χ4n) is 3.01. The van der Waals surface area contributed by atoms with Gasteiger partial charge in [0.1, 0.15) is 0 Å². The van der Waals surface area contributed by atoms with E-state index >= 15 is 0 Å². The first-order chi connectivity index (χ1) is 14.3. The van der Waals surface area contributed by atoms with E-state index in [4.69, 9.17) is 11.6 Å². The van der Waals surface area contributed by atoms with E-state index in [9.17, 15) is 22.8 Å². The van der Waals surface area contributed by atoms with Crippen LogP contribution in [0.15, 0.2) is 53.4 Å². The number of nitrogens with one attached hydrogen (secondary N) is 2. The number of hydrogen-bond acceptors (Lipinski definition) is 5. The van der Waals surface area contributed by atoms with Gasteiger partial charge in [0.15, 0.2) is 0 Å². The van der Waals surface area contributed by atoms with Gasteiger partial charge in [-0.3, -0.25) is 19.3 Å². The molecule has 0 saturated carbocycles. The molecule has 158 valence electrons. The SMILES string of the molecule is O=C(CCCN1C(=O)c2ccccc2C1=O)NCCNS(=O)(=O)c1ccc(Cl)cc1. The monoisotopic (exact) mass is 449 g/mol. The summed E-state index contributed by atoms with van der Waals surface area (Å²) < 4.78 is 26.6. The molecule has 2 aromatic carbocycles. The zero-order valence-corrected chi connectivity index (χ0v) is 17.5. The minimum atomic E-state index is -3.68. The van der Waals surface area contributed by atoms with E-state index in [1.54, 1.807) is 24.3 Å². The Morgan fingerprint density at radius 1 is 0.933 bits per heavy atom. The number of nitrogens with zero attached hydrogens (tertiary/aromatic N) is 1. The van der Waals surface area contributed by atoms with E-state index in [1.807, 2.05) is 0 Å². The molecule has 0 aromatic heterocycles. The van der Waals surface area contributed by atoms with E-state index in [0.717, 1.165) is 4.90 Å². The third-order valence-electron chi connectivity index (χ3n) is 4.53.